The van der Waals surface area contributed by atoms with Gasteiger partial charge in [-0.05, 0) is 26.2 Å². The van der Waals surface area contributed by atoms with E-state index in [1.807, 2.05) is 0 Å². The first kappa shape index (κ1) is 25.4. The first-order valence-corrected chi connectivity index (χ1v) is 12.4. The minimum Gasteiger partial charge on any atom is -0.391 e. The highest BCUT2D eigenvalue weighted by Gasteiger charge is 2.36. The molecule has 0 saturated carbocycles. The van der Waals surface area contributed by atoms with E-state index in [0.29, 0.717) is 6.17 Å². The number of hydrogen-bond donors (Lipinski definition) is 1. The van der Waals surface area contributed by atoms with Crippen molar-refractivity contribution in [3.05, 3.63) is 12.2 Å². The largest absolute Gasteiger partial charge is 0.391 e. The average molecular weight is 394 g/mol. The molecule has 0 bridgehead atoms. The van der Waals surface area contributed by atoms with Gasteiger partial charge in [-0.25, -0.2) is 4.99 Å². The predicted octanol–water partition coefficient (Wildman–Crippen LogP) is 6.65. The monoisotopic (exact) mass is 393 g/mol. The molecule has 2 unspecified atom stereocenters. The quantitative estimate of drug-likeness (QED) is 0.149. The molecule has 28 heavy (non-hydrogen) atoms. The minimum absolute atomic E-state index is 0.266. The van der Waals surface area contributed by atoms with E-state index in [0.717, 1.165) is 37.0 Å². The fourth-order valence-corrected chi connectivity index (χ4v) is 4.46. The van der Waals surface area contributed by atoms with Crippen molar-refractivity contribution in [1.82, 2.24) is 0 Å². The Balaban J connectivity index is 1.91. The number of rotatable bonds is 19. The molecule has 0 aromatic heterocycles. The van der Waals surface area contributed by atoms with Crippen LogP contribution in [0.3, 0.4) is 0 Å². The summed E-state index contributed by atoms with van der Waals surface area (Å²) in [6, 6.07) is 0. The maximum atomic E-state index is 9.37. The number of hydrogen-bond acceptors (Lipinski definition) is 2. The molecule has 0 aliphatic carbocycles. The van der Waals surface area contributed by atoms with E-state index in [1.54, 1.807) is 0 Å². The molecule has 0 radical (unpaired) electrons. The lowest BCUT2D eigenvalue weighted by Gasteiger charge is -2.37. The van der Waals surface area contributed by atoms with Crippen LogP contribution >= 0.6 is 0 Å². The SMILES string of the molecule is CCCCCCCCCCCCCC/C=C/CCC1N=CC[N+]1(CC)CCO. The smallest absolute Gasteiger partial charge is 0.183 e. The molecule has 1 heterocycles. The fourth-order valence-electron chi connectivity index (χ4n) is 4.46. The van der Waals surface area contributed by atoms with Crippen LogP contribution in [-0.2, 0) is 0 Å². The Morgan fingerprint density at radius 3 is 2.00 bits per heavy atom. The zero-order valence-electron chi connectivity index (χ0n) is 19.1. The molecular weight excluding hydrogens is 344 g/mol. The van der Waals surface area contributed by atoms with Crippen LogP contribution < -0.4 is 0 Å². The number of unbranched alkanes of at least 4 members (excludes halogenated alkanes) is 12. The highest BCUT2D eigenvalue weighted by molar-refractivity contribution is 5.60. The summed E-state index contributed by atoms with van der Waals surface area (Å²) in [5.41, 5.74) is 0. The van der Waals surface area contributed by atoms with E-state index in [2.05, 4.69) is 37.2 Å². The van der Waals surface area contributed by atoms with E-state index >= 15 is 0 Å². The molecule has 1 N–H and O–H groups in total. The molecule has 0 amide bonds. The minimum atomic E-state index is 0.266. The van der Waals surface area contributed by atoms with Crippen molar-refractivity contribution in [2.45, 2.75) is 116 Å². The Kier molecular flexibility index (Phi) is 15.6. The summed E-state index contributed by atoms with van der Waals surface area (Å²) in [6.45, 7) is 7.67. The Hall–Kier alpha value is -0.670. The lowest BCUT2D eigenvalue weighted by atomic mass is 10.0. The summed E-state index contributed by atoms with van der Waals surface area (Å²) in [7, 11) is 0. The Bertz CT molecular complexity index is 407. The van der Waals surface area contributed by atoms with Gasteiger partial charge >= 0.3 is 0 Å². The highest BCUT2D eigenvalue weighted by atomic mass is 16.3. The lowest BCUT2D eigenvalue weighted by molar-refractivity contribution is -0.936. The van der Waals surface area contributed by atoms with Crippen molar-refractivity contribution in [2.75, 3.05) is 26.2 Å². The average Bonchev–Trinajstić information content (AvgIpc) is 3.11. The molecule has 164 valence electrons. The molecule has 3 heteroatoms. The summed E-state index contributed by atoms with van der Waals surface area (Å²) in [6.07, 6.45) is 27.7. The Labute approximate surface area is 175 Å². The first-order valence-electron chi connectivity index (χ1n) is 12.4. The molecular formula is C25H49N2O+. The topological polar surface area (TPSA) is 32.6 Å². The van der Waals surface area contributed by atoms with Crippen molar-refractivity contribution in [1.29, 1.82) is 0 Å². The van der Waals surface area contributed by atoms with Crippen molar-refractivity contribution in [3.63, 3.8) is 0 Å². The Morgan fingerprint density at radius 1 is 0.857 bits per heavy atom. The summed E-state index contributed by atoms with van der Waals surface area (Å²) >= 11 is 0. The molecule has 0 fully saturated rings. The Morgan fingerprint density at radius 2 is 1.43 bits per heavy atom. The van der Waals surface area contributed by atoms with Crippen LogP contribution in [0.25, 0.3) is 0 Å². The predicted molar refractivity (Wildman–Crippen MR) is 124 cm³/mol. The number of aliphatic hydroxyl groups excluding tert-OH is 1. The van der Waals surface area contributed by atoms with E-state index in [-0.39, 0.29) is 6.61 Å². The van der Waals surface area contributed by atoms with Gasteiger partial charge in [0.2, 0.25) is 0 Å². The maximum absolute atomic E-state index is 9.37. The summed E-state index contributed by atoms with van der Waals surface area (Å²) in [5, 5.41) is 9.37. The van der Waals surface area contributed by atoms with E-state index in [9.17, 15) is 5.11 Å². The van der Waals surface area contributed by atoms with Gasteiger partial charge in [0.15, 0.2) is 6.17 Å². The van der Waals surface area contributed by atoms with Gasteiger partial charge in [-0.15, -0.1) is 0 Å². The summed E-state index contributed by atoms with van der Waals surface area (Å²) < 4.78 is 0.948. The van der Waals surface area contributed by atoms with E-state index in [1.165, 1.54) is 83.5 Å². The molecule has 1 rings (SSSR count). The molecule has 1 aliphatic rings. The van der Waals surface area contributed by atoms with Crippen molar-refractivity contribution in [3.8, 4) is 0 Å². The molecule has 0 aromatic rings. The van der Waals surface area contributed by atoms with Crippen LogP contribution in [0.15, 0.2) is 17.1 Å². The second kappa shape index (κ2) is 17.2. The zero-order chi connectivity index (χ0) is 20.3. The second-order valence-corrected chi connectivity index (χ2v) is 8.70. The zero-order valence-corrected chi connectivity index (χ0v) is 19.1. The number of likely N-dealkylation sites (N-methyl/N-ethyl adjacent to an activating group) is 1. The maximum Gasteiger partial charge on any atom is 0.183 e. The number of nitrogens with zero attached hydrogens (tertiary/aromatic N) is 2. The third kappa shape index (κ3) is 10.8. The van der Waals surface area contributed by atoms with Gasteiger partial charge in [0.05, 0.1) is 19.4 Å². The van der Waals surface area contributed by atoms with Gasteiger partial charge in [0, 0.05) is 6.42 Å². The van der Waals surface area contributed by atoms with Crippen molar-refractivity contribution < 1.29 is 9.59 Å². The lowest BCUT2D eigenvalue weighted by Crippen LogP contribution is -2.53. The van der Waals surface area contributed by atoms with Crippen LogP contribution in [0.2, 0.25) is 0 Å². The number of quaternary nitrogens is 1. The standard InChI is InChI=1S/C25H49N2O/c1-3-5-6-7-8-9-10-11-12-13-14-15-16-17-18-19-20-25-26-21-22-27(25,4-2)23-24-28/h17-18,21,25,28H,3-16,19-20,22-24H2,1-2H3/q+1/b18-17+. The third-order valence-corrected chi connectivity index (χ3v) is 6.51. The van der Waals surface area contributed by atoms with Crippen LogP contribution in [0.1, 0.15) is 110 Å². The van der Waals surface area contributed by atoms with Gasteiger partial charge in [0.25, 0.3) is 0 Å². The van der Waals surface area contributed by atoms with Crippen LogP contribution in [0, 0.1) is 0 Å². The van der Waals surface area contributed by atoms with Gasteiger partial charge in [0.1, 0.15) is 13.1 Å². The summed E-state index contributed by atoms with van der Waals surface area (Å²) in [5.74, 6) is 0. The number of allylic oxidation sites excluding steroid dienone is 2. The van der Waals surface area contributed by atoms with Gasteiger partial charge < -0.3 is 5.11 Å². The molecule has 0 spiro atoms. The molecule has 0 saturated heterocycles. The van der Waals surface area contributed by atoms with Crippen LogP contribution in [-0.4, -0.2) is 48.2 Å². The van der Waals surface area contributed by atoms with Crippen LogP contribution in [0.5, 0.6) is 0 Å². The van der Waals surface area contributed by atoms with Crippen molar-refractivity contribution >= 4 is 6.21 Å². The number of aliphatic imine (C=N–C) groups is 1. The molecule has 0 aromatic carbocycles. The van der Waals surface area contributed by atoms with Gasteiger partial charge in [-0.2, -0.15) is 0 Å². The first-order chi connectivity index (χ1) is 13.8. The van der Waals surface area contributed by atoms with E-state index in [4.69, 9.17) is 0 Å². The molecule has 1 aliphatic heterocycles. The molecule has 2 atom stereocenters. The van der Waals surface area contributed by atoms with Gasteiger partial charge in [-0.1, -0.05) is 89.7 Å². The van der Waals surface area contributed by atoms with Gasteiger partial charge in [-0.3, -0.25) is 4.48 Å². The molecule has 3 nitrogen and oxygen atoms in total. The van der Waals surface area contributed by atoms with Crippen LogP contribution in [0.4, 0.5) is 0 Å². The summed E-state index contributed by atoms with van der Waals surface area (Å²) in [4.78, 5) is 4.69. The third-order valence-electron chi connectivity index (χ3n) is 6.51. The van der Waals surface area contributed by atoms with Crippen molar-refractivity contribution in [2.24, 2.45) is 4.99 Å². The normalized spacial score (nSPS) is 21.9. The fraction of sp³-hybridized carbons (Fsp3) is 0.880. The van der Waals surface area contributed by atoms with E-state index < -0.39 is 0 Å². The number of aliphatic hydroxyl groups is 1. The highest BCUT2D eigenvalue weighted by Crippen LogP contribution is 2.23. The second-order valence-electron chi connectivity index (χ2n) is 8.70.